The van der Waals surface area contributed by atoms with E-state index < -0.39 is 5.41 Å². The van der Waals surface area contributed by atoms with Crippen LogP contribution < -0.4 is 0 Å². The van der Waals surface area contributed by atoms with Crippen LogP contribution in [0.3, 0.4) is 0 Å². The maximum Gasteiger partial charge on any atom is 0.161 e. The molecular formula is C43H26N2S2. The molecule has 1 atom stereocenters. The molecule has 0 amide bonds. The lowest BCUT2D eigenvalue weighted by Gasteiger charge is -2.40. The van der Waals surface area contributed by atoms with Crippen molar-refractivity contribution in [3.8, 4) is 45.0 Å². The molecule has 2 aromatic heterocycles. The molecule has 1 aliphatic carbocycles. The van der Waals surface area contributed by atoms with Crippen LogP contribution in [0.1, 0.15) is 22.3 Å². The number of hydrogen-bond donors (Lipinski definition) is 0. The van der Waals surface area contributed by atoms with Gasteiger partial charge in [0, 0.05) is 31.2 Å². The zero-order valence-electron chi connectivity index (χ0n) is 25.2. The average Bonchev–Trinajstić information content (AvgIpc) is 3.72. The van der Waals surface area contributed by atoms with Crippen molar-refractivity contribution in [1.29, 1.82) is 0 Å². The van der Waals surface area contributed by atoms with Gasteiger partial charge in [-0.25, -0.2) is 9.97 Å². The van der Waals surface area contributed by atoms with Gasteiger partial charge in [-0.2, -0.15) is 0 Å². The molecule has 0 saturated carbocycles. The van der Waals surface area contributed by atoms with E-state index >= 15 is 0 Å². The Balaban J connectivity index is 1.29. The van der Waals surface area contributed by atoms with Crippen molar-refractivity contribution in [3.05, 3.63) is 179 Å². The van der Waals surface area contributed by atoms with Gasteiger partial charge in [-0.1, -0.05) is 133 Å². The van der Waals surface area contributed by atoms with Crippen LogP contribution in [0.4, 0.5) is 0 Å². The summed E-state index contributed by atoms with van der Waals surface area (Å²) < 4.78 is 1.32. The lowest BCUT2D eigenvalue weighted by Crippen LogP contribution is -2.32. The summed E-state index contributed by atoms with van der Waals surface area (Å²) >= 11 is 3.66. The first-order valence-electron chi connectivity index (χ1n) is 15.8. The fourth-order valence-electron chi connectivity index (χ4n) is 7.63. The number of fused-ring (bicyclic) bond motifs is 10. The Morgan fingerprint density at radius 2 is 1.11 bits per heavy atom. The first kappa shape index (κ1) is 26.9. The number of aromatic nitrogens is 2. The van der Waals surface area contributed by atoms with E-state index in [2.05, 4.69) is 145 Å². The molecule has 1 aliphatic heterocycles. The summed E-state index contributed by atoms with van der Waals surface area (Å²) in [6.07, 6.45) is 0. The number of thiophene rings is 1. The van der Waals surface area contributed by atoms with Gasteiger partial charge in [-0.3, -0.25) is 0 Å². The van der Waals surface area contributed by atoms with E-state index in [0.717, 1.165) is 33.9 Å². The summed E-state index contributed by atoms with van der Waals surface area (Å²) in [5.41, 5.74) is 12.5. The number of benzene rings is 6. The quantitative estimate of drug-likeness (QED) is 0.193. The normalized spacial score (nSPS) is 15.7. The van der Waals surface area contributed by atoms with Crippen molar-refractivity contribution < 1.29 is 0 Å². The van der Waals surface area contributed by atoms with Gasteiger partial charge in [0.25, 0.3) is 0 Å². The summed E-state index contributed by atoms with van der Waals surface area (Å²) in [6, 6.07) is 54.8. The highest BCUT2D eigenvalue weighted by Crippen LogP contribution is 2.63. The number of nitrogens with zero attached hydrogens (tertiary/aromatic N) is 2. The smallest absolute Gasteiger partial charge is 0.161 e. The Morgan fingerprint density at radius 1 is 0.468 bits per heavy atom. The number of hydrogen-bond acceptors (Lipinski definition) is 4. The van der Waals surface area contributed by atoms with Gasteiger partial charge in [-0.15, -0.1) is 11.3 Å². The van der Waals surface area contributed by atoms with Crippen LogP contribution in [0.25, 0.3) is 55.1 Å². The highest BCUT2D eigenvalue weighted by Gasteiger charge is 2.50. The molecule has 0 N–H and O–H groups in total. The van der Waals surface area contributed by atoms with Crippen molar-refractivity contribution >= 4 is 33.2 Å². The molecule has 0 radical (unpaired) electrons. The molecule has 6 aromatic carbocycles. The van der Waals surface area contributed by atoms with Crippen LogP contribution >= 0.6 is 23.1 Å². The summed E-state index contributed by atoms with van der Waals surface area (Å²) in [5, 5.41) is 3.50. The molecule has 2 nitrogen and oxygen atoms in total. The second-order valence-corrected chi connectivity index (χ2v) is 14.1. The molecule has 1 unspecified atom stereocenters. The molecule has 1 spiro atoms. The summed E-state index contributed by atoms with van der Waals surface area (Å²) in [4.78, 5) is 13.0. The van der Waals surface area contributed by atoms with Gasteiger partial charge in [0.2, 0.25) is 0 Å². The van der Waals surface area contributed by atoms with E-state index in [9.17, 15) is 0 Å². The minimum absolute atomic E-state index is 0.462. The van der Waals surface area contributed by atoms with E-state index in [1.807, 2.05) is 35.2 Å². The van der Waals surface area contributed by atoms with Gasteiger partial charge in [0.1, 0.15) is 0 Å². The van der Waals surface area contributed by atoms with E-state index in [1.54, 1.807) is 0 Å². The second-order valence-electron chi connectivity index (χ2n) is 12.1. The van der Waals surface area contributed by atoms with Crippen LogP contribution in [-0.4, -0.2) is 9.97 Å². The lowest BCUT2D eigenvalue weighted by atomic mass is 9.67. The first-order valence-corrected chi connectivity index (χ1v) is 17.5. The SMILES string of the molecule is c1ccc(-c2cc(-c3ccccc3)nc(-c3cccc4c3Sc3ccccc3C43c4ccccc4-c4cc5ccsc5cc43)n2)cc1. The third-order valence-corrected chi connectivity index (χ3v) is 11.7. The summed E-state index contributed by atoms with van der Waals surface area (Å²) in [7, 11) is 0. The molecule has 0 saturated heterocycles. The fraction of sp³-hybridized carbons (Fsp3) is 0.0233. The minimum Gasteiger partial charge on any atom is -0.228 e. The van der Waals surface area contributed by atoms with Crippen molar-refractivity contribution in [1.82, 2.24) is 9.97 Å². The zero-order valence-corrected chi connectivity index (χ0v) is 26.9. The molecular weight excluding hydrogens is 609 g/mol. The first-order chi connectivity index (χ1) is 23.3. The number of rotatable bonds is 3. The van der Waals surface area contributed by atoms with Crippen molar-refractivity contribution in [2.24, 2.45) is 0 Å². The van der Waals surface area contributed by atoms with Gasteiger partial charge >= 0.3 is 0 Å². The van der Waals surface area contributed by atoms with E-state index in [4.69, 9.17) is 9.97 Å². The molecule has 0 fully saturated rings. The van der Waals surface area contributed by atoms with Crippen LogP contribution in [0.15, 0.2) is 167 Å². The maximum atomic E-state index is 5.28. The van der Waals surface area contributed by atoms with Crippen molar-refractivity contribution in [3.63, 3.8) is 0 Å². The highest BCUT2D eigenvalue weighted by molar-refractivity contribution is 7.99. The Kier molecular flexibility index (Phi) is 5.93. The van der Waals surface area contributed by atoms with E-state index in [0.29, 0.717) is 0 Å². The third kappa shape index (κ3) is 3.92. The maximum absolute atomic E-state index is 5.28. The highest BCUT2D eigenvalue weighted by atomic mass is 32.2. The summed E-state index contributed by atoms with van der Waals surface area (Å²) in [5.74, 6) is 0.740. The van der Waals surface area contributed by atoms with Gasteiger partial charge in [0.05, 0.1) is 16.8 Å². The Morgan fingerprint density at radius 3 is 1.87 bits per heavy atom. The Bertz CT molecular complexity index is 2440. The van der Waals surface area contributed by atoms with Crippen molar-refractivity contribution in [2.75, 3.05) is 0 Å². The standard InChI is InChI=1S/C43H26N2S2/c1-3-12-27(13-4-1)37-26-38(28-14-5-2-6-15-28)45-42(44-37)31-17-11-20-35-41(31)47-39-21-10-9-19-34(39)43(35)33-18-8-7-16-30(33)32-24-29-22-23-46-40(29)25-36(32)43/h1-26H. The topological polar surface area (TPSA) is 25.8 Å². The lowest BCUT2D eigenvalue weighted by molar-refractivity contribution is 0.724. The van der Waals surface area contributed by atoms with Crippen molar-refractivity contribution in [2.45, 2.75) is 15.2 Å². The molecule has 4 heteroatoms. The largest absolute Gasteiger partial charge is 0.228 e. The monoisotopic (exact) mass is 634 g/mol. The molecule has 0 bridgehead atoms. The predicted molar refractivity (Wildman–Crippen MR) is 195 cm³/mol. The van der Waals surface area contributed by atoms with Gasteiger partial charge in [-0.05, 0) is 74.5 Å². The molecule has 47 heavy (non-hydrogen) atoms. The fourth-order valence-corrected chi connectivity index (χ4v) is 9.74. The van der Waals surface area contributed by atoms with Crippen LogP contribution in [-0.2, 0) is 5.41 Å². The zero-order chi connectivity index (χ0) is 31.0. The van der Waals surface area contributed by atoms with Crippen LogP contribution in [0, 0.1) is 0 Å². The molecule has 220 valence electrons. The molecule has 8 aromatic rings. The minimum atomic E-state index is -0.462. The predicted octanol–water partition coefficient (Wildman–Crippen LogP) is 11.5. The van der Waals surface area contributed by atoms with E-state index in [-0.39, 0.29) is 0 Å². The average molecular weight is 635 g/mol. The van der Waals surface area contributed by atoms with E-state index in [1.165, 1.54) is 53.3 Å². The molecule has 2 aliphatic rings. The Hall–Kier alpha value is -5.29. The van der Waals surface area contributed by atoms with Gasteiger partial charge < -0.3 is 0 Å². The molecule has 3 heterocycles. The van der Waals surface area contributed by atoms with Gasteiger partial charge in [0.15, 0.2) is 5.82 Å². The molecule has 10 rings (SSSR count). The second kappa shape index (κ2) is 10.4. The summed E-state index contributed by atoms with van der Waals surface area (Å²) in [6.45, 7) is 0. The van der Waals surface area contributed by atoms with Crippen LogP contribution in [0.5, 0.6) is 0 Å². The van der Waals surface area contributed by atoms with Crippen LogP contribution in [0.2, 0.25) is 0 Å². The Labute approximate surface area is 281 Å². The third-order valence-electron chi connectivity index (χ3n) is 9.65.